The van der Waals surface area contributed by atoms with Gasteiger partial charge in [0.2, 0.25) is 5.91 Å². The van der Waals surface area contributed by atoms with Gasteiger partial charge in [-0.15, -0.1) is 24.8 Å². The van der Waals surface area contributed by atoms with Gasteiger partial charge in [-0.1, -0.05) is 30.3 Å². The molecule has 0 radical (unpaired) electrons. The lowest BCUT2D eigenvalue weighted by Crippen LogP contribution is -2.61. The van der Waals surface area contributed by atoms with E-state index >= 15 is 0 Å². The van der Waals surface area contributed by atoms with Crippen molar-refractivity contribution >= 4 is 30.7 Å². The summed E-state index contributed by atoms with van der Waals surface area (Å²) in [5, 5.41) is 3.42. The third-order valence-corrected chi connectivity index (χ3v) is 7.53. The number of piperidine rings is 4. The molecule has 1 amide bonds. The first-order chi connectivity index (χ1) is 13.3. The summed E-state index contributed by atoms with van der Waals surface area (Å²) < 4.78 is 0. The predicted octanol–water partition coefficient (Wildman–Crippen LogP) is 3.90. The third-order valence-electron chi connectivity index (χ3n) is 7.53. The molecule has 0 spiro atoms. The van der Waals surface area contributed by atoms with Crippen molar-refractivity contribution in [1.29, 1.82) is 0 Å². The van der Waals surface area contributed by atoms with Gasteiger partial charge in [0.1, 0.15) is 0 Å². The summed E-state index contributed by atoms with van der Waals surface area (Å²) in [7, 11) is 0. The molecule has 0 aliphatic carbocycles. The summed E-state index contributed by atoms with van der Waals surface area (Å²) in [4.78, 5) is 18.2. The van der Waals surface area contributed by atoms with Crippen LogP contribution in [-0.2, 0) is 4.79 Å². The van der Waals surface area contributed by atoms with E-state index in [1.54, 1.807) is 0 Å². The number of fused-ring (bicyclic) bond motifs is 4. The monoisotopic (exact) mass is 439 g/mol. The number of nitrogens with one attached hydrogen (secondary N) is 1. The maximum absolute atomic E-state index is 13.1. The van der Waals surface area contributed by atoms with Crippen LogP contribution in [0.15, 0.2) is 30.3 Å². The van der Waals surface area contributed by atoms with Gasteiger partial charge in [-0.05, 0) is 62.5 Å². The summed E-state index contributed by atoms with van der Waals surface area (Å²) in [5.41, 5.74) is 1.49. The maximum atomic E-state index is 13.1. The average molecular weight is 440 g/mol. The number of benzene rings is 1. The smallest absolute Gasteiger partial charge is 0.226 e. The van der Waals surface area contributed by atoms with Crippen LogP contribution < -0.4 is 5.32 Å². The van der Waals surface area contributed by atoms with Gasteiger partial charge in [0, 0.05) is 38.3 Å². The van der Waals surface area contributed by atoms with E-state index in [0.29, 0.717) is 29.8 Å². The highest BCUT2D eigenvalue weighted by atomic mass is 35.5. The van der Waals surface area contributed by atoms with Crippen molar-refractivity contribution in [2.75, 3.05) is 32.7 Å². The van der Waals surface area contributed by atoms with E-state index in [0.717, 1.165) is 39.0 Å². The Kier molecular flexibility index (Phi) is 7.88. The Bertz CT molecular complexity index is 667. The van der Waals surface area contributed by atoms with E-state index in [4.69, 9.17) is 0 Å². The molecular formula is C23H35Cl2N3O. The normalized spacial score (nSPS) is 34.3. The molecular weight excluding hydrogens is 405 g/mol. The minimum Gasteiger partial charge on any atom is -0.342 e. The highest BCUT2D eigenvalue weighted by molar-refractivity contribution is 5.85. The molecule has 4 nitrogen and oxygen atoms in total. The van der Waals surface area contributed by atoms with Gasteiger partial charge in [0.15, 0.2) is 0 Å². The number of amides is 1. The highest BCUT2D eigenvalue weighted by Gasteiger charge is 2.46. The Hall–Kier alpha value is -0.810. The van der Waals surface area contributed by atoms with Gasteiger partial charge >= 0.3 is 0 Å². The van der Waals surface area contributed by atoms with E-state index < -0.39 is 0 Å². The zero-order valence-electron chi connectivity index (χ0n) is 17.2. The molecule has 1 aromatic rings. The lowest BCUT2D eigenvalue weighted by molar-refractivity contribution is -0.143. The third kappa shape index (κ3) is 4.61. The minimum atomic E-state index is 0. The molecule has 2 bridgehead atoms. The molecule has 0 unspecified atom stereocenters. The van der Waals surface area contributed by atoms with Gasteiger partial charge in [-0.2, -0.15) is 0 Å². The summed E-state index contributed by atoms with van der Waals surface area (Å²) in [6.07, 6.45) is 7.47. The first-order valence-electron chi connectivity index (χ1n) is 11.1. The number of halogens is 2. The fraction of sp³-hybridized carbons (Fsp3) is 0.696. The van der Waals surface area contributed by atoms with Gasteiger partial charge in [-0.25, -0.2) is 0 Å². The molecule has 5 rings (SSSR count). The van der Waals surface area contributed by atoms with Crippen LogP contribution in [0.4, 0.5) is 0 Å². The Labute approximate surface area is 187 Å². The average Bonchev–Trinajstić information content (AvgIpc) is 2.74. The lowest BCUT2D eigenvalue weighted by Gasteiger charge is -2.55. The molecule has 4 heterocycles. The van der Waals surface area contributed by atoms with E-state index in [1.165, 1.54) is 37.8 Å². The van der Waals surface area contributed by atoms with Crippen LogP contribution >= 0.6 is 24.8 Å². The molecule has 1 N–H and O–H groups in total. The topological polar surface area (TPSA) is 35.6 Å². The van der Waals surface area contributed by atoms with Crippen LogP contribution in [0.5, 0.6) is 0 Å². The van der Waals surface area contributed by atoms with Crippen LogP contribution in [0, 0.1) is 17.8 Å². The number of hydrogen-bond donors (Lipinski definition) is 1. The van der Waals surface area contributed by atoms with Crippen molar-refractivity contribution in [3.63, 3.8) is 0 Å². The highest BCUT2D eigenvalue weighted by Crippen LogP contribution is 2.44. The number of likely N-dealkylation sites (tertiary alicyclic amines) is 1. The molecule has 4 aliphatic rings. The second kappa shape index (κ2) is 10.00. The molecule has 1 aromatic carbocycles. The number of carbonyl (C=O) groups excluding carboxylic acids is 1. The Balaban J connectivity index is 0.00000120. The van der Waals surface area contributed by atoms with E-state index in [2.05, 4.69) is 45.4 Å². The van der Waals surface area contributed by atoms with Crippen molar-refractivity contribution in [2.24, 2.45) is 17.8 Å². The number of nitrogens with zero attached hydrogens (tertiary/aromatic N) is 2. The van der Waals surface area contributed by atoms with E-state index in [1.807, 2.05) is 0 Å². The van der Waals surface area contributed by atoms with Crippen molar-refractivity contribution in [3.05, 3.63) is 35.9 Å². The molecule has 29 heavy (non-hydrogen) atoms. The van der Waals surface area contributed by atoms with Gasteiger partial charge < -0.3 is 10.2 Å². The second-order valence-electron chi connectivity index (χ2n) is 9.27. The zero-order chi connectivity index (χ0) is 18.2. The second-order valence-corrected chi connectivity index (χ2v) is 9.27. The van der Waals surface area contributed by atoms with Crippen LogP contribution in [-0.4, -0.2) is 54.5 Å². The fourth-order valence-electron chi connectivity index (χ4n) is 6.34. The number of rotatable bonds is 2. The number of hydrogen-bond acceptors (Lipinski definition) is 3. The van der Waals surface area contributed by atoms with Crippen molar-refractivity contribution in [2.45, 2.75) is 50.6 Å². The largest absolute Gasteiger partial charge is 0.342 e. The van der Waals surface area contributed by atoms with Crippen LogP contribution in [0.3, 0.4) is 0 Å². The summed E-state index contributed by atoms with van der Waals surface area (Å²) in [6.45, 7) is 5.11. The molecule has 5 atom stereocenters. The summed E-state index contributed by atoms with van der Waals surface area (Å²) in [5.74, 6) is 1.98. The van der Waals surface area contributed by atoms with Crippen molar-refractivity contribution in [1.82, 2.24) is 15.1 Å². The molecule has 4 aliphatic heterocycles. The Morgan fingerprint density at radius 1 is 0.966 bits per heavy atom. The first kappa shape index (κ1) is 22.9. The van der Waals surface area contributed by atoms with E-state index in [-0.39, 0.29) is 30.7 Å². The molecule has 0 aromatic heterocycles. The molecule has 0 saturated carbocycles. The van der Waals surface area contributed by atoms with Gasteiger partial charge in [0.05, 0.1) is 5.92 Å². The van der Waals surface area contributed by atoms with Gasteiger partial charge in [-0.3, -0.25) is 9.69 Å². The standard InChI is InChI=1S/C23H33N3O.2ClH/c27-23(19-8-5-11-24-13-19)25-14-17-12-20(16-25)22-10-4-9-21(26(22)15-17)18-6-2-1-3-7-18;;/h1-3,6-7,17,19-22,24H,4-5,8-16H2;2*1H/t17-,19+,20+,21+,22-;;/m0../s1. The maximum Gasteiger partial charge on any atom is 0.226 e. The quantitative estimate of drug-likeness (QED) is 0.758. The molecule has 4 saturated heterocycles. The lowest BCUT2D eigenvalue weighted by atomic mass is 9.73. The number of carbonyl (C=O) groups is 1. The minimum absolute atomic E-state index is 0. The summed E-state index contributed by atoms with van der Waals surface area (Å²) >= 11 is 0. The molecule has 4 fully saturated rings. The van der Waals surface area contributed by atoms with Crippen LogP contribution in [0.25, 0.3) is 0 Å². The Morgan fingerprint density at radius 2 is 1.79 bits per heavy atom. The molecule has 162 valence electrons. The van der Waals surface area contributed by atoms with Gasteiger partial charge in [0.25, 0.3) is 0 Å². The van der Waals surface area contributed by atoms with Crippen molar-refractivity contribution in [3.8, 4) is 0 Å². The Morgan fingerprint density at radius 3 is 2.55 bits per heavy atom. The summed E-state index contributed by atoms with van der Waals surface area (Å²) in [6, 6.07) is 12.4. The molecule has 6 heteroatoms. The van der Waals surface area contributed by atoms with E-state index in [9.17, 15) is 4.79 Å². The van der Waals surface area contributed by atoms with Crippen molar-refractivity contribution < 1.29 is 4.79 Å². The fourth-order valence-corrected chi connectivity index (χ4v) is 6.34. The SMILES string of the molecule is Cl.Cl.O=C([C@@H]1CCCNC1)N1C[C@@H]2C[C@H](C1)[C@@H]1CCC[C@H](c3ccccc3)N1C2. The van der Waals surface area contributed by atoms with Crippen LogP contribution in [0.2, 0.25) is 0 Å². The first-order valence-corrected chi connectivity index (χ1v) is 11.1. The zero-order valence-corrected chi connectivity index (χ0v) is 18.8. The predicted molar refractivity (Wildman–Crippen MR) is 122 cm³/mol. The van der Waals surface area contributed by atoms with Crippen LogP contribution in [0.1, 0.15) is 50.1 Å².